The number of para-hydroxylation sites is 1. The molecule has 1 heterocycles. The van der Waals surface area contributed by atoms with E-state index in [4.69, 9.17) is 14.2 Å². The van der Waals surface area contributed by atoms with Crippen LogP contribution >= 0.6 is 0 Å². The molecule has 0 spiro atoms. The second-order valence-electron chi connectivity index (χ2n) is 7.30. The fourth-order valence-corrected chi connectivity index (χ4v) is 3.64. The largest absolute Gasteiger partial charge is 0.493 e. The van der Waals surface area contributed by atoms with Crippen molar-refractivity contribution in [2.75, 3.05) is 31.0 Å². The topological polar surface area (TPSA) is 77.1 Å². The van der Waals surface area contributed by atoms with Crippen molar-refractivity contribution in [3.63, 3.8) is 0 Å². The molecule has 7 heteroatoms. The lowest BCUT2D eigenvalue weighted by Crippen LogP contribution is -2.33. The Labute approximate surface area is 186 Å². The van der Waals surface area contributed by atoms with Crippen LogP contribution in [0.15, 0.2) is 72.8 Å². The predicted molar refractivity (Wildman–Crippen MR) is 122 cm³/mol. The number of nitrogens with one attached hydrogen (secondary N) is 1. The molecule has 1 N–H and O–H groups in total. The van der Waals surface area contributed by atoms with Gasteiger partial charge in [0.05, 0.1) is 14.2 Å². The van der Waals surface area contributed by atoms with E-state index in [1.54, 1.807) is 30.2 Å². The van der Waals surface area contributed by atoms with E-state index in [9.17, 15) is 9.59 Å². The van der Waals surface area contributed by atoms with Gasteiger partial charge in [0.15, 0.2) is 11.5 Å². The molecule has 164 valence electrons. The van der Waals surface area contributed by atoms with Gasteiger partial charge in [-0.3, -0.25) is 9.59 Å². The van der Waals surface area contributed by atoms with Crippen LogP contribution in [0.5, 0.6) is 23.0 Å². The van der Waals surface area contributed by atoms with Crippen molar-refractivity contribution in [2.24, 2.45) is 5.92 Å². The summed E-state index contributed by atoms with van der Waals surface area (Å²) < 4.78 is 16.3. The van der Waals surface area contributed by atoms with Crippen LogP contribution in [0.25, 0.3) is 0 Å². The number of amides is 2. The molecular weight excluding hydrogens is 408 g/mol. The van der Waals surface area contributed by atoms with E-state index >= 15 is 0 Å². The number of ether oxygens (including phenoxy) is 3. The quantitative estimate of drug-likeness (QED) is 0.557. The molecule has 1 aliphatic heterocycles. The fraction of sp³-hybridized carbons (Fsp3) is 0.200. The average molecular weight is 432 g/mol. The molecule has 0 aliphatic carbocycles. The molecule has 0 aromatic heterocycles. The lowest BCUT2D eigenvalue weighted by molar-refractivity contribution is -0.129. The molecule has 2 amide bonds. The molecule has 3 aromatic carbocycles. The number of benzene rings is 3. The van der Waals surface area contributed by atoms with E-state index in [0.29, 0.717) is 35.9 Å². The van der Waals surface area contributed by atoms with Crippen molar-refractivity contribution in [3.05, 3.63) is 72.8 Å². The van der Waals surface area contributed by atoms with Gasteiger partial charge in [0, 0.05) is 24.0 Å². The van der Waals surface area contributed by atoms with E-state index in [1.165, 1.54) is 7.11 Å². The summed E-state index contributed by atoms with van der Waals surface area (Å²) in [4.78, 5) is 27.3. The van der Waals surface area contributed by atoms with Crippen molar-refractivity contribution in [3.8, 4) is 23.0 Å². The summed E-state index contributed by atoms with van der Waals surface area (Å²) >= 11 is 0. The van der Waals surface area contributed by atoms with Gasteiger partial charge in [0.2, 0.25) is 11.8 Å². The Morgan fingerprint density at radius 1 is 0.906 bits per heavy atom. The van der Waals surface area contributed by atoms with Gasteiger partial charge >= 0.3 is 0 Å². The molecule has 3 aromatic rings. The molecule has 1 saturated heterocycles. The highest BCUT2D eigenvalue weighted by Gasteiger charge is 2.37. The molecule has 4 rings (SSSR count). The number of nitrogens with zero attached hydrogens (tertiary/aromatic N) is 1. The van der Waals surface area contributed by atoms with Crippen LogP contribution in [0.4, 0.5) is 11.4 Å². The van der Waals surface area contributed by atoms with Gasteiger partial charge in [-0.2, -0.15) is 0 Å². The minimum atomic E-state index is -0.747. The van der Waals surface area contributed by atoms with E-state index in [2.05, 4.69) is 5.32 Å². The highest BCUT2D eigenvalue weighted by Crippen LogP contribution is 2.32. The third kappa shape index (κ3) is 4.51. The summed E-state index contributed by atoms with van der Waals surface area (Å²) in [6.45, 7) is 0.474. The summed E-state index contributed by atoms with van der Waals surface area (Å²) in [5, 5.41) is 2.81. The van der Waals surface area contributed by atoms with Gasteiger partial charge in [-0.05, 0) is 55.0 Å². The summed E-state index contributed by atoms with van der Waals surface area (Å²) in [5.74, 6) is 1.17. The Morgan fingerprint density at radius 3 is 2.28 bits per heavy atom. The van der Waals surface area contributed by atoms with Crippen LogP contribution in [0.3, 0.4) is 0 Å². The van der Waals surface area contributed by atoms with E-state index in [0.717, 1.165) is 11.4 Å². The van der Waals surface area contributed by atoms with Crippen LogP contribution in [0.2, 0.25) is 0 Å². The number of rotatable bonds is 7. The van der Waals surface area contributed by atoms with Gasteiger partial charge in [0.25, 0.3) is 0 Å². The minimum absolute atomic E-state index is 0.222. The van der Waals surface area contributed by atoms with Crippen molar-refractivity contribution >= 4 is 23.2 Å². The Bertz CT molecular complexity index is 1100. The molecule has 1 fully saturated rings. The van der Waals surface area contributed by atoms with Crippen LogP contribution in [0, 0.1) is 5.92 Å². The highest BCUT2D eigenvalue weighted by atomic mass is 16.5. The molecular formula is C25H24N2O5. The first kappa shape index (κ1) is 21.2. The maximum absolute atomic E-state index is 12.9. The minimum Gasteiger partial charge on any atom is -0.493 e. The zero-order valence-corrected chi connectivity index (χ0v) is 17.9. The Hall–Kier alpha value is -4.00. The van der Waals surface area contributed by atoms with Crippen LogP contribution < -0.4 is 24.4 Å². The second-order valence-corrected chi connectivity index (χ2v) is 7.30. The first-order valence-corrected chi connectivity index (χ1v) is 10.3. The molecule has 1 unspecified atom stereocenters. The normalized spacial score (nSPS) is 15.4. The number of methoxy groups -OCH3 is 2. The number of hydrogen-bond donors (Lipinski definition) is 1. The lowest BCUT2D eigenvalue weighted by atomic mass is 10.1. The van der Waals surface area contributed by atoms with E-state index < -0.39 is 5.92 Å². The molecule has 32 heavy (non-hydrogen) atoms. The number of anilines is 2. The van der Waals surface area contributed by atoms with E-state index in [1.807, 2.05) is 54.6 Å². The Balaban J connectivity index is 1.40. The fourth-order valence-electron chi connectivity index (χ4n) is 3.64. The first-order valence-electron chi connectivity index (χ1n) is 10.3. The van der Waals surface area contributed by atoms with Crippen molar-refractivity contribution in [1.82, 2.24) is 0 Å². The summed E-state index contributed by atoms with van der Waals surface area (Å²) in [6.07, 6.45) is 0.445. The molecule has 0 radical (unpaired) electrons. The number of hydrogen-bond acceptors (Lipinski definition) is 5. The maximum atomic E-state index is 12.9. The van der Waals surface area contributed by atoms with Crippen molar-refractivity contribution in [2.45, 2.75) is 6.42 Å². The second kappa shape index (κ2) is 9.43. The van der Waals surface area contributed by atoms with Crippen molar-refractivity contribution < 1.29 is 23.8 Å². The van der Waals surface area contributed by atoms with E-state index in [-0.39, 0.29) is 11.8 Å². The van der Waals surface area contributed by atoms with Gasteiger partial charge in [0.1, 0.15) is 17.4 Å². The van der Waals surface area contributed by atoms with Gasteiger partial charge in [-0.1, -0.05) is 18.2 Å². The smallest absolute Gasteiger partial charge is 0.239 e. The first-order chi connectivity index (χ1) is 15.6. The maximum Gasteiger partial charge on any atom is 0.239 e. The Morgan fingerprint density at radius 2 is 1.59 bits per heavy atom. The molecule has 7 nitrogen and oxygen atoms in total. The van der Waals surface area contributed by atoms with Crippen LogP contribution in [0.1, 0.15) is 6.42 Å². The van der Waals surface area contributed by atoms with Gasteiger partial charge < -0.3 is 24.4 Å². The summed E-state index contributed by atoms with van der Waals surface area (Å²) in [7, 11) is 3.07. The van der Waals surface area contributed by atoms with Crippen molar-refractivity contribution in [1.29, 1.82) is 0 Å². The number of carbonyl (C=O) groups excluding carboxylic acids is 2. The zero-order chi connectivity index (χ0) is 22.5. The number of carbonyl (C=O) groups is 2. The SMILES string of the molecule is COc1ccc(NC(=O)C2CCN(c3ccc(Oc4ccccc4)cc3)C2=O)cc1OC. The third-order valence-corrected chi connectivity index (χ3v) is 5.30. The molecule has 0 saturated carbocycles. The monoisotopic (exact) mass is 432 g/mol. The molecule has 1 atom stereocenters. The Kier molecular flexibility index (Phi) is 6.26. The third-order valence-electron chi connectivity index (χ3n) is 5.30. The predicted octanol–water partition coefficient (Wildman–Crippen LogP) is 4.49. The highest BCUT2D eigenvalue weighted by molar-refractivity contribution is 6.13. The zero-order valence-electron chi connectivity index (χ0n) is 17.9. The summed E-state index contributed by atoms with van der Waals surface area (Å²) in [5.41, 5.74) is 1.28. The standard InChI is InChI=1S/C25H24N2O5/c1-30-22-13-8-17(16-23(22)31-2)26-24(28)21-14-15-27(25(21)29)18-9-11-20(12-10-18)32-19-6-4-3-5-7-19/h3-13,16,21H,14-15H2,1-2H3,(H,26,28). The lowest BCUT2D eigenvalue weighted by Gasteiger charge is -2.17. The molecule has 1 aliphatic rings. The average Bonchev–Trinajstić information content (AvgIpc) is 3.21. The van der Waals surface area contributed by atoms with Gasteiger partial charge in [-0.25, -0.2) is 0 Å². The molecule has 0 bridgehead atoms. The summed E-state index contributed by atoms with van der Waals surface area (Å²) in [6, 6.07) is 21.8. The van der Waals surface area contributed by atoms with Gasteiger partial charge in [-0.15, -0.1) is 0 Å². The van der Waals surface area contributed by atoms with Crippen LogP contribution in [-0.4, -0.2) is 32.6 Å². The van der Waals surface area contributed by atoms with Crippen LogP contribution in [-0.2, 0) is 9.59 Å².